The first-order valence-electron chi connectivity index (χ1n) is 7.10. The zero-order chi connectivity index (χ0) is 13.0. The number of imidazole rings is 1. The third-order valence-corrected chi connectivity index (χ3v) is 5.14. The number of H-pyrrole nitrogens is 1. The SMILES string of the molecule is S=c1[nH]c2ccc(Cl)cc2n1CC(C1CC1)C1CC1. The van der Waals surface area contributed by atoms with Gasteiger partial charge in [0.25, 0.3) is 0 Å². The minimum Gasteiger partial charge on any atom is -0.331 e. The summed E-state index contributed by atoms with van der Waals surface area (Å²) in [6, 6.07) is 5.96. The van der Waals surface area contributed by atoms with E-state index < -0.39 is 0 Å². The summed E-state index contributed by atoms with van der Waals surface area (Å²) in [7, 11) is 0. The van der Waals surface area contributed by atoms with Gasteiger partial charge in [-0.2, -0.15) is 0 Å². The van der Waals surface area contributed by atoms with Crippen molar-refractivity contribution < 1.29 is 0 Å². The van der Waals surface area contributed by atoms with Crippen molar-refractivity contribution in [3.8, 4) is 0 Å². The van der Waals surface area contributed by atoms with Crippen LogP contribution in [0.5, 0.6) is 0 Å². The highest BCUT2D eigenvalue weighted by Gasteiger charge is 2.41. The van der Waals surface area contributed by atoms with Gasteiger partial charge in [-0.1, -0.05) is 11.6 Å². The predicted molar refractivity (Wildman–Crippen MR) is 81.1 cm³/mol. The Morgan fingerprint density at radius 1 is 1.26 bits per heavy atom. The molecular weight excluding hydrogens is 276 g/mol. The minimum absolute atomic E-state index is 0.782. The second-order valence-corrected chi connectivity index (χ2v) is 6.86. The molecule has 1 aromatic heterocycles. The van der Waals surface area contributed by atoms with Crippen LogP contribution in [0.1, 0.15) is 25.7 Å². The Hall–Kier alpha value is -0.800. The topological polar surface area (TPSA) is 20.7 Å². The molecule has 0 radical (unpaired) electrons. The third-order valence-electron chi connectivity index (χ3n) is 4.59. The molecule has 0 spiro atoms. The van der Waals surface area contributed by atoms with Gasteiger partial charge >= 0.3 is 0 Å². The largest absolute Gasteiger partial charge is 0.331 e. The Kier molecular flexibility index (Phi) is 2.75. The van der Waals surface area contributed by atoms with Gasteiger partial charge in [0, 0.05) is 11.6 Å². The third kappa shape index (κ3) is 2.23. The van der Waals surface area contributed by atoms with Crippen molar-refractivity contribution in [1.29, 1.82) is 0 Å². The molecule has 1 heterocycles. The zero-order valence-corrected chi connectivity index (χ0v) is 12.3. The predicted octanol–water partition coefficient (Wildman–Crippen LogP) is 4.79. The Labute approximate surface area is 122 Å². The molecule has 19 heavy (non-hydrogen) atoms. The molecule has 0 unspecified atom stereocenters. The number of halogens is 1. The molecule has 2 saturated carbocycles. The van der Waals surface area contributed by atoms with E-state index >= 15 is 0 Å². The summed E-state index contributed by atoms with van der Waals surface area (Å²) in [6.07, 6.45) is 5.66. The van der Waals surface area contributed by atoms with Crippen LogP contribution in [0, 0.1) is 22.5 Å². The van der Waals surface area contributed by atoms with Crippen LogP contribution in [0.4, 0.5) is 0 Å². The summed E-state index contributed by atoms with van der Waals surface area (Å²) in [5.41, 5.74) is 2.25. The fraction of sp³-hybridized carbons (Fsp3) is 0.533. The van der Waals surface area contributed by atoms with Crippen LogP contribution in [0.25, 0.3) is 11.0 Å². The van der Waals surface area contributed by atoms with E-state index in [1.54, 1.807) is 0 Å². The first-order valence-corrected chi connectivity index (χ1v) is 7.89. The quantitative estimate of drug-likeness (QED) is 0.804. The molecule has 0 atom stereocenters. The standard InChI is InChI=1S/C15H17ClN2S/c16-11-5-6-13-14(7-11)18(15(19)17-13)8-12(9-1-2-9)10-3-4-10/h5-7,9-10,12H,1-4,8H2,(H,17,19). The lowest BCUT2D eigenvalue weighted by Gasteiger charge is -2.16. The van der Waals surface area contributed by atoms with Gasteiger partial charge in [-0.15, -0.1) is 0 Å². The second-order valence-electron chi connectivity index (χ2n) is 6.04. The lowest BCUT2D eigenvalue weighted by Crippen LogP contribution is -2.15. The van der Waals surface area contributed by atoms with E-state index in [1.165, 1.54) is 25.7 Å². The summed E-state index contributed by atoms with van der Waals surface area (Å²) < 4.78 is 3.10. The Morgan fingerprint density at radius 2 is 1.95 bits per heavy atom. The van der Waals surface area contributed by atoms with Gasteiger partial charge in [-0.3, -0.25) is 0 Å². The number of aromatic nitrogens is 2. The summed E-state index contributed by atoms with van der Waals surface area (Å²) >= 11 is 11.6. The van der Waals surface area contributed by atoms with Crippen molar-refractivity contribution in [2.24, 2.45) is 17.8 Å². The van der Waals surface area contributed by atoms with E-state index in [0.29, 0.717) is 0 Å². The van der Waals surface area contributed by atoms with E-state index in [-0.39, 0.29) is 0 Å². The first-order chi connectivity index (χ1) is 9.22. The number of aromatic amines is 1. The van der Waals surface area contributed by atoms with Crippen LogP contribution < -0.4 is 0 Å². The van der Waals surface area contributed by atoms with Gasteiger partial charge in [-0.25, -0.2) is 0 Å². The monoisotopic (exact) mass is 292 g/mol. The molecule has 2 aliphatic rings. The molecule has 100 valence electrons. The summed E-state index contributed by atoms with van der Waals surface area (Å²) in [5, 5.41) is 0.782. The van der Waals surface area contributed by atoms with E-state index in [1.807, 2.05) is 18.2 Å². The lowest BCUT2D eigenvalue weighted by molar-refractivity contribution is 0.351. The molecule has 2 aromatic rings. The van der Waals surface area contributed by atoms with E-state index in [9.17, 15) is 0 Å². The van der Waals surface area contributed by atoms with Crippen molar-refractivity contribution in [2.45, 2.75) is 32.2 Å². The van der Waals surface area contributed by atoms with Gasteiger partial charge < -0.3 is 9.55 Å². The van der Waals surface area contributed by atoms with Crippen molar-refractivity contribution in [3.63, 3.8) is 0 Å². The fourth-order valence-corrected chi connectivity index (χ4v) is 3.70. The highest BCUT2D eigenvalue weighted by Crippen LogP contribution is 2.50. The van der Waals surface area contributed by atoms with E-state index in [0.717, 1.165) is 45.1 Å². The van der Waals surface area contributed by atoms with Crippen molar-refractivity contribution >= 4 is 34.9 Å². The zero-order valence-electron chi connectivity index (χ0n) is 10.7. The smallest absolute Gasteiger partial charge is 0.178 e. The number of fused-ring (bicyclic) bond motifs is 1. The average Bonchev–Trinajstić information content (AvgIpc) is 3.25. The number of hydrogen-bond acceptors (Lipinski definition) is 1. The Balaban J connectivity index is 1.74. The van der Waals surface area contributed by atoms with Crippen molar-refractivity contribution in [1.82, 2.24) is 9.55 Å². The maximum atomic E-state index is 6.12. The maximum absolute atomic E-state index is 6.12. The van der Waals surface area contributed by atoms with Crippen molar-refractivity contribution in [2.75, 3.05) is 0 Å². The molecule has 1 aromatic carbocycles. The summed E-state index contributed by atoms with van der Waals surface area (Å²) in [6.45, 7) is 1.06. The van der Waals surface area contributed by atoms with Gasteiger partial charge in [0.15, 0.2) is 4.77 Å². The lowest BCUT2D eigenvalue weighted by atomic mass is 9.98. The van der Waals surface area contributed by atoms with Crippen LogP contribution >= 0.6 is 23.8 Å². The first kappa shape index (κ1) is 12.0. The Bertz CT molecular complexity index is 667. The number of benzene rings is 1. The Morgan fingerprint density at radius 3 is 2.58 bits per heavy atom. The molecule has 0 aliphatic heterocycles. The molecule has 4 heteroatoms. The van der Waals surface area contributed by atoms with Gasteiger partial charge in [-0.05, 0) is 73.9 Å². The molecule has 1 N–H and O–H groups in total. The highest BCUT2D eigenvalue weighted by atomic mass is 35.5. The van der Waals surface area contributed by atoms with Gasteiger partial charge in [0.05, 0.1) is 11.0 Å². The minimum atomic E-state index is 0.782. The fourth-order valence-electron chi connectivity index (χ4n) is 3.25. The number of hydrogen-bond donors (Lipinski definition) is 1. The van der Waals surface area contributed by atoms with Crippen LogP contribution in [-0.4, -0.2) is 9.55 Å². The number of nitrogens with one attached hydrogen (secondary N) is 1. The number of rotatable bonds is 4. The van der Waals surface area contributed by atoms with Gasteiger partial charge in [0.2, 0.25) is 0 Å². The normalized spacial score (nSPS) is 19.5. The summed E-state index contributed by atoms with van der Waals surface area (Å²) in [4.78, 5) is 3.30. The second kappa shape index (κ2) is 4.35. The summed E-state index contributed by atoms with van der Waals surface area (Å²) in [5.74, 6) is 2.71. The van der Waals surface area contributed by atoms with Crippen LogP contribution in [0.3, 0.4) is 0 Å². The highest BCUT2D eigenvalue weighted by molar-refractivity contribution is 7.71. The van der Waals surface area contributed by atoms with Crippen LogP contribution in [-0.2, 0) is 6.54 Å². The molecule has 0 saturated heterocycles. The van der Waals surface area contributed by atoms with Crippen molar-refractivity contribution in [3.05, 3.63) is 28.0 Å². The average molecular weight is 293 g/mol. The molecular formula is C15H17ClN2S. The van der Waals surface area contributed by atoms with Crippen LogP contribution in [0.2, 0.25) is 5.02 Å². The molecule has 2 nitrogen and oxygen atoms in total. The molecule has 4 rings (SSSR count). The van der Waals surface area contributed by atoms with E-state index in [4.69, 9.17) is 23.8 Å². The molecule has 0 bridgehead atoms. The molecule has 2 aliphatic carbocycles. The van der Waals surface area contributed by atoms with Gasteiger partial charge in [0.1, 0.15) is 0 Å². The molecule has 0 amide bonds. The van der Waals surface area contributed by atoms with Crippen LogP contribution in [0.15, 0.2) is 18.2 Å². The van der Waals surface area contributed by atoms with E-state index in [2.05, 4.69) is 9.55 Å². The molecule has 2 fully saturated rings. The number of nitrogens with zero attached hydrogens (tertiary/aromatic N) is 1. The maximum Gasteiger partial charge on any atom is 0.178 e.